The van der Waals surface area contributed by atoms with Crippen LogP contribution in [-0.2, 0) is 14.8 Å². The molecule has 9 heteroatoms. The minimum Gasteiger partial charge on any atom is -0.476 e. The molecule has 8 nitrogen and oxygen atoms in total. The van der Waals surface area contributed by atoms with E-state index in [-0.39, 0.29) is 23.2 Å². The van der Waals surface area contributed by atoms with E-state index in [1.807, 2.05) is 0 Å². The van der Waals surface area contributed by atoms with Gasteiger partial charge in [-0.3, -0.25) is 5.10 Å². The van der Waals surface area contributed by atoms with Crippen LogP contribution in [0.15, 0.2) is 4.90 Å². The van der Waals surface area contributed by atoms with Crippen molar-refractivity contribution in [3.8, 4) is 0 Å². The molecule has 1 fully saturated rings. The lowest BCUT2D eigenvalue weighted by Crippen LogP contribution is -2.36. The average Bonchev–Trinajstić information content (AvgIpc) is 2.81. The fraction of sp³-hybridized carbons (Fsp3) is 0.636. The van der Waals surface area contributed by atoms with E-state index in [2.05, 4.69) is 14.9 Å². The van der Waals surface area contributed by atoms with Gasteiger partial charge >= 0.3 is 5.97 Å². The number of aromatic carboxylic acids is 1. The summed E-state index contributed by atoms with van der Waals surface area (Å²) in [7, 11) is -3.93. The fourth-order valence-corrected chi connectivity index (χ4v) is 3.52. The molecule has 0 aliphatic carbocycles. The minimum atomic E-state index is -3.93. The van der Waals surface area contributed by atoms with Crippen LogP contribution in [0.1, 0.15) is 35.4 Å². The molecule has 20 heavy (non-hydrogen) atoms. The zero-order chi connectivity index (χ0) is 14.8. The van der Waals surface area contributed by atoms with Crippen molar-refractivity contribution in [1.29, 1.82) is 0 Å². The first-order valence-electron chi connectivity index (χ1n) is 6.31. The summed E-state index contributed by atoms with van der Waals surface area (Å²) in [4.78, 5) is 10.7. The number of sulfonamides is 1. The Labute approximate surface area is 116 Å². The summed E-state index contributed by atoms with van der Waals surface area (Å²) in [5.74, 6) is -1.39. The molecule has 1 saturated heterocycles. The molecule has 2 heterocycles. The molecule has 0 spiro atoms. The van der Waals surface area contributed by atoms with E-state index < -0.39 is 21.7 Å². The van der Waals surface area contributed by atoms with Gasteiger partial charge in [0.25, 0.3) is 0 Å². The third-order valence-corrected chi connectivity index (χ3v) is 4.72. The van der Waals surface area contributed by atoms with Crippen LogP contribution in [0.2, 0.25) is 0 Å². The molecule has 112 valence electrons. The van der Waals surface area contributed by atoms with Crippen LogP contribution >= 0.6 is 0 Å². The third kappa shape index (κ3) is 3.17. The predicted octanol–water partition coefficient (Wildman–Crippen LogP) is 0.264. The number of hydrogen-bond acceptors (Lipinski definition) is 5. The Bertz CT molecular complexity index is 589. The number of aromatic amines is 1. The van der Waals surface area contributed by atoms with E-state index in [1.54, 1.807) is 0 Å². The van der Waals surface area contributed by atoms with Crippen molar-refractivity contribution in [1.82, 2.24) is 14.9 Å². The molecule has 0 radical (unpaired) electrons. The van der Waals surface area contributed by atoms with E-state index in [0.717, 1.165) is 19.3 Å². The standard InChI is InChI=1S/C11H17N3O5S/c1-7-10(9(11(15)16)14-13-7)20(17,18)12-6-8-4-2-3-5-19-8/h8,12H,2-6H2,1H3,(H,13,14)(H,15,16). The molecule has 0 saturated carbocycles. The number of rotatable bonds is 5. The summed E-state index contributed by atoms with van der Waals surface area (Å²) in [6.07, 6.45) is 2.60. The topological polar surface area (TPSA) is 121 Å². The summed E-state index contributed by atoms with van der Waals surface area (Å²) in [5.41, 5.74) is -0.306. The van der Waals surface area contributed by atoms with E-state index in [4.69, 9.17) is 9.84 Å². The number of carbonyl (C=O) groups is 1. The number of nitrogens with zero attached hydrogens (tertiary/aromatic N) is 1. The first-order valence-corrected chi connectivity index (χ1v) is 7.79. The largest absolute Gasteiger partial charge is 0.476 e. The smallest absolute Gasteiger partial charge is 0.357 e. The van der Waals surface area contributed by atoms with Gasteiger partial charge in [0.1, 0.15) is 4.90 Å². The summed E-state index contributed by atoms with van der Waals surface area (Å²) in [5, 5.41) is 14.8. The number of carboxylic acids is 1. The second-order valence-electron chi connectivity index (χ2n) is 4.67. The summed E-state index contributed by atoms with van der Waals surface area (Å²) < 4.78 is 32.2. The highest BCUT2D eigenvalue weighted by Gasteiger charge is 2.29. The number of aryl methyl sites for hydroxylation is 1. The van der Waals surface area contributed by atoms with Gasteiger partial charge in [0.2, 0.25) is 10.0 Å². The molecule has 2 rings (SSSR count). The van der Waals surface area contributed by atoms with Gasteiger partial charge in [0.15, 0.2) is 5.69 Å². The maximum atomic E-state index is 12.2. The van der Waals surface area contributed by atoms with Crippen LogP contribution in [0.4, 0.5) is 0 Å². The van der Waals surface area contributed by atoms with Crippen LogP contribution < -0.4 is 4.72 Å². The average molecular weight is 303 g/mol. The van der Waals surface area contributed by atoms with Crippen molar-refractivity contribution in [3.63, 3.8) is 0 Å². The lowest BCUT2D eigenvalue weighted by molar-refractivity contribution is 0.0200. The molecule has 1 aromatic heterocycles. The van der Waals surface area contributed by atoms with Crippen molar-refractivity contribution in [2.75, 3.05) is 13.2 Å². The summed E-state index contributed by atoms with van der Waals surface area (Å²) in [6.45, 7) is 2.22. The molecule has 1 aliphatic heterocycles. The number of ether oxygens (including phenoxy) is 1. The zero-order valence-corrected chi connectivity index (χ0v) is 11.9. The van der Waals surface area contributed by atoms with Crippen molar-refractivity contribution in [2.24, 2.45) is 0 Å². The molecule has 3 N–H and O–H groups in total. The molecule has 0 aromatic carbocycles. The van der Waals surface area contributed by atoms with Crippen LogP contribution in [-0.4, -0.2) is 48.9 Å². The maximum absolute atomic E-state index is 12.2. The van der Waals surface area contributed by atoms with E-state index in [0.29, 0.717) is 6.61 Å². The summed E-state index contributed by atoms with van der Waals surface area (Å²) >= 11 is 0. The zero-order valence-electron chi connectivity index (χ0n) is 11.0. The Balaban J connectivity index is 2.14. The lowest BCUT2D eigenvalue weighted by atomic mass is 10.1. The fourth-order valence-electron chi connectivity index (χ4n) is 2.14. The highest BCUT2D eigenvalue weighted by molar-refractivity contribution is 7.89. The Hall–Kier alpha value is -1.45. The molecule has 1 aliphatic rings. The van der Waals surface area contributed by atoms with E-state index >= 15 is 0 Å². The molecular formula is C11H17N3O5S. The second kappa shape index (κ2) is 5.90. The third-order valence-electron chi connectivity index (χ3n) is 3.14. The van der Waals surface area contributed by atoms with Crippen molar-refractivity contribution < 1.29 is 23.1 Å². The first kappa shape index (κ1) is 14.9. The van der Waals surface area contributed by atoms with E-state index in [9.17, 15) is 13.2 Å². The molecular weight excluding hydrogens is 286 g/mol. The molecule has 0 amide bonds. The number of nitrogens with one attached hydrogen (secondary N) is 2. The van der Waals surface area contributed by atoms with Crippen LogP contribution in [0.3, 0.4) is 0 Å². The number of H-pyrrole nitrogens is 1. The van der Waals surface area contributed by atoms with Gasteiger partial charge in [-0.2, -0.15) is 5.10 Å². The van der Waals surface area contributed by atoms with Gasteiger partial charge in [0, 0.05) is 13.2 Å². The molecule has 0 bridgehead atoms. The summed E-state index contributed by atoms with van der Waals surface area (Å²) in [6, 6.07) is 0. The van der Waals surface area contributed by atoms with Crippen molar-refractivity contribution in [3.05, 3.63) is 11.4 Å². The van der Waals surface area contributed by atoms with Gasteiger partial charge in [-0.05, 0) is 26.2 Å². The van der Waals surface area contributed by atoms with E-state index in [1.165, 1.54) is 6.92 Å². The van der Waals surface area contributed by atoms with Gasteiger partial charge in [-0.15, -0.1) is 0 Å². The predicted molar refractivity (Wildman–Crippen MR) is 69.1 cm³/mol. The highest BCUT2D eigenvalue weighted by atomic mass is 32.2. The highest BCUT2D eigenvalue weighted by Crippen LogP contribution is 2.18. The number of aromatic nitrogens is 2. The van der Waals surface area contributed by atoms with Gasteiger partial charge in [-0.1, -0.05) is 0 Å². The van der Waals surface area contributed by atoms with Crippen molar-refractivity contribution >= 4 is 16.0 Å². The Morgan fingerprint density at radius 2 is 2.30 bits per heavy atom. The van der Waals surface area contributed by atoms with Crippen LogP contribution in [0, 0.1) is 6.92 Å². The monoisotopic (exact) mass is 303 g/mol. The van der Waals surface area contributed by atoms with Crippen LogP contribution in [0.5, 0.6) is 0 Å². The van der Waals surface area contributed by atoms with Crippen molar-refractivity contribution in [2.45, 2.75) is 37.2 Å². The Morgan fingerprint density at radius 3 is 2.90 bits per heavy atom. The normalized spacial score (nSPS) is 19.9. The van der Waals surface area contributed by atoms with Gasteiger partial charge in [0.05, 0.1) is 11.8 Å². The second-order valence-corrected chi connectivity index (χ2v) is 6.38. The SMILES string of the molecule is Cc1[nH]nc(C(=O)O)c1S(=O)(=O)NCC1CCCCO1. The number of hydrogen-bond donors (Lipinski definition) is 3. The van der Waals surface area contributed by atoms with Gasteiger partial charge in [-0.25, -0.2) is 17.9 Å². The Kier molecular flexibility index (Phi) is 4.41. The quantitative estimate of drug-likeness (QED) is 0.717. The minimum absolute atomic E-state index is 0.131. The maximum Gasteiger partial charge on any atom is 0.357 e. The molecule has 1 aromatic rings. The first-order chi connectivity index (χ1) is 9.42. The Morgan fingerprint density at radius 1 is 1.55 bits per heavy atom. The molecule has 1 atom stereocenters. The number of carboxylic acid groups (broad SMARTS) is 1. The van der Waals surface area contributed by atoms with Gasteiger partial charge < -0.3 is 9.84 Å². The lowest BCUT2D eigenvalue weighted by Gasteiger charge is -2.22. The molecule has 1 unspecified atom stereocenters. The van der Waals surface area contributed by atoms with Crippen LogP contribution in [0.25, 0.3) is 0 Å².